The summed E-state index contributed by atoms with van der Waals surface area (Å²) < 4.78 is 6.17. The maximum atomic E-state index is 12.8. The molecule has 30 heavy (non-hydrogen) atoms. The van der Waals surface area contributed by atoms with Gasteiger partial charge in [-0.2, -0.15) is 0 Å². The van der Waals surface area contributed by atoms with Crippen molar-refractivity contribution in [2.75, 3.05) is 4.90 Å². The monoisotopic (exact) mass is 514 g/mol. The molecule has 3 aromatic carbocycles. The summed E-state index contributed by atoms with van der Waals surface area (Å²) in [4.78, 5) is 49.1. The molecule has 0 radical (unpaired) electrons. The maximum absolute atomic E-state index is 12.8. The molecule has 8 nitrogen and oxygen atoms in total. The molecule has 0 bridgehead atoms. The van der Waals surface area contributed by atoms with Crippen LogP contribution in [0.5, 0.6) is 5.75 Å². The molecule has 0 aromatic heterocycles. The fourth-order valence-electron chi connectivity index (χ4n) is 2.99. The first kappa shape index (κ1) is 19.7. The van der Waals surface area contributed by atoms with Crippen LogP contribution in [0, 0.1) is 13.7 Å². The number of rotatable bonds is 4. The molecule has 0 unspecified atom stereocenters. The minimum atomic E-state index is -0.750. The van der Waals surface area contributed by atoms with Crippen molar-refractivity contribution in [3.63, 3.8) is 0 Å². The van der Waals surface area contributed by atoms with Gasteiger partial charge in [-0.15, -0.1) is 0 Å². The van der Waals surface area contributed by atoms with Gasteiger partial charge in [0.1, 0.15) is 5.75 Å². The minimum absolute atomic E-state index is 0.0812. The van der Waals surface area contributed by atoms with E-state index in [2.05, 4.69) is 22.6 Å². The molecule has 1 aliphatic rings. The van der Waals surface area contributed by atoms with E-state index in [-0.39, 0.29) is 28.1 Å². The number of esters is 1. The van der Waals surface area contributed by atoms with Crippen LogP contribution in [0.2, 0.25) is 0 Å². The van der Waals surface area contributed by atoms with Gasteiger partial charge >= 0.3 is 5.97 Å². The van der Waals surface area contributed by atoms with Gasteiger partial charge in [-0.1, -0.05) is 0 Å². The number of halogens is 1. The van der Waals surface area contributed by atoms with E-state index in [9.17, 15) is 24.5 Å². The number of carbonyl (C=O) groups is 3. The van der Waals surface area contributed by atoms with E-state index < -0.39 is 22.7 Å². The third-order valence-corrected chi connectivity index (χ3v) is 5.18. The highest BCUT2D eigenvalue weighted by molar-refractivity contribution is 14.1. The van der Waals surface area contributed by atoms with E-state index in [1.807, 2.05) is 0 Å². The van der Waals surface area contributed by atoms with Gasteiger partial charge in [0.15, 0.2) is 0 Å². The molecule has 148 valence electrons. The first-order valence-corrected chi connectivity index (χ1v) is 9.68. The summed E-state index contributed by atoms with van der Waals surface area (Å²) in [7, 11) is 0. The van der Waals surface area contributed by atoms with Gasteiger partial charge in [-0.3, -0.25) is 19.7 Å². The molecule has 3 aromatic rings. The van der Waals surface area contributed by atoms with Gasteiger partial charge in [-0.25, -0.2) is 9.69 Å². The topological polar surface area (TPSA) is 107 Å². The Balaban J connectivity index is 1.58. The predicted octanol–water partition coefficient (Wildman–Crippen LogP) is 4.22. The van der Waals surface area contributed by atoms with Crippen molar-refractivity contribution in [3.8, 4) is 5.75 Å². The molecule has 0 N–H and O–H groups in total. The van der Waals surface area contributed by atoms with Crippen LogP contribution >= 0.6 is 22.6 Å². The molecule has 0 atom stereocenters. The molecule has 0 saturated carbocycles. The second-order valence-electron chi connectivity index (χ2n) is 6.32. The van der Waals surface area contributed by atoms with Crippen LogP contribution in [0.15, 0.2) is 66.7 Å². The van der Waals surface area contributed by atoms with Crippen LogP contribution < -0.4 is 9.64 Å². The van der Waals surface area contributed by atoms with Crippen LogP contribution in [0.25, 0.3) is 0 Å². The summed E-state index contributed by atoms with van der Waals surface area (Å²) in [6.07, 6.45) is 0. The molecule has 0 saturated heterocycles. The van der Waals surface area contributed by atoms with Crippen molar-refractivity contribution in [3.05, 3.63) is 97.1 Å². The van der Waals surface area contributed by atoms with Crippen LogP contribution in [0.1, 0.15) is 31.1 Å². The Morgan fingerprint density at radius 3 is 2.17 bits per heavy atom. The summed E-state index contributed by atoms with van der Waals surface area (Å²) in [5.74, 6) is -1.62. The number of amides is 2. The van der Waals surface area contributed by atoms with Crippen molar-refractivity contribution in [1.29, 1.82) is 0 Å². The number of hydrogen-bond donors (Lipinski definition) is 0. The summed E-state index contributed by atoms with van der Waals surface area (Å²) >= 11 is 2.12. The fourth-order valence-corrected chi connectivity index (χ4v) is 3.35. The number of nitro benzene ring substituents is 1. The van der Waals surface area contributed by atoms with Gasteiger partial charge in [0, 0.05) is 15.7 Å². The third kappa shape index (κ3) is 3.54. The van der Waals surface area contributed by atoms with E-state index in [0.717, 1.165) is 8.47 Å². The molecule has 0 aliphatic carbocycles. The number of anilines is 1. The van der Waals surface area contributed by atoms with Gasteiger partial charge in [0.2, 0.25) is 0 Å². The molecule has 0 fully saturated rings. The highest BCUT2D eigenvalue weighted by atomic mass is 127. The zero-order chi connectivity index (χ0) is 21.4. The summed E-state index contributed by atoms with van der Waals surface area (Å²) in [6, 6.07) is 16.1. The number of imide groups is 1. The van der Waals surface area contributed by atoms with Gasteiger partial charge in [0.05, 0.1) is 27.3 Å². The van der Waals surface area contributed by atoms with E-state index in [0.29, 0.717) is 5.69 Å². The van der Waals surface area contributed by atoms with Crippen molar-refractivity contribution in [2.45, 2.75) is 0 Å². The molecule has 4 rings (SSSR count). The largest absolute Gasteiger partial charge is 0.423 e. The molecule has 2 amide bonds. The smallest absolute Gasteiger partial charge is 0.343 e. The summed E-state index contributed by atoms with van der Waals surface area (Å²) in [6.45, 7) is 0. The average Bonchev–Trinajstić information content (AvgIpc) is 2.99. The van der Waals surface area contributed by atoms with Crippen LogP contribution in [-0.4, -0.2) is 22.7 Å². The second kappa shape index (κ2) is 7.67. The Bertz CT molecular complexity index is 1210. The minimum Gasteiger partial charge on any atom is -0.423 e. The number of hydrogen-bond acceptors (Lipinski definition) is 6. The molecule has 1 aliphatic heterocycles. The maximum Gasteiger partial charge on any atom is 0.343 e. The number of ether oxygens (including phenoxy) is 1. The van der Waals surface area contributed by atoms with E-state index in [1.54, 1.807) is 24.3 Å². The zero-order valence-corrected chi connectivity index (χ0v) is 17.2. The number of fused-ring (bicyclic) bond motifs is 1. The van der Waals surface area contributed by atoms with Crippen molar-refractivity contribution >= 4 is 51.7 Å². The Hall–Kier alpha value is -3.60. The summed E-state index contributed by atoms with van der Waals surface area (Å²) in [5, 5.41) is 10.7. The second-order valence-corrected chi connectivity index (χ2v) is 7.57. The SMILES string of the molecule is O=C(Oc1ccc([N+](=O)[O-])cc1)c1ccc2c(c1)C(=O)N(c1ccc(I)cc1)C2=O. The lowest BCUT2D eigenvalue weighted by Gasteiger charge is -2.13. The number of non-ortho nitro benzene ring substituents is 1. The standard InChI is InChI=1S/C21H11IN2O6/c22-13-2-4-14(5-3-13)23-19(25)17-10-1-12(11-18(17)20(23)26)21(27)30-16-8-6-15(7-9-16)24(28)29/h1-11H. The lowest BCUT2D eigenvalue weighted by molar-refractivity contribution is -0.384. The van der Waals surface area contributed by atoms with Crippen LogP contribution in [-0.2, 0) is 0 Å². The zero-order valence-electron chi connectivity index (χ0n) is 15.1. The highest BCUT2D eigenvalue weighted by Gasteiger charge is 2.37. The van der Waals surface area contributed by atoms with Gasteiger partial charge in [0.25, 0.3) is 17.5 Å². The van der Waals surface area contributed by atoms with Crippen molar-refractivity contribution in [2.24, 2.45) is 0 Å². The summed E-state index contributed by atoms with van der Waals surface area (Å²) in [5.41, 5.74) is 0.698. The van der Waals surface area contributed by atoms with Gasteiger partial charge < -0.3 is 4.74 Å². The molecular formula is C21H11IN2O6. The molecule has 1 heterocycles. The average molecular weight is 514 g/mol. The number of nitro groups is 1. The van der Waals surface area contributed by atoms with E-state index >= 15 is 0 Å². The first-order valence-electron chi connectivity index (χ1n) is 8.60. The Morgan fingerprint density at radius 1 is 0.900 bits per heavy atom. The Morgan fingerprint density at radius 2 is 1.53 bits per heavy atom. The third-order valence-electron chi connectivity index (χ3n) is 4.47. The lowest BCUT2D eigenvalue weighted by Crippen LogP contribution is -2.29. The quantitative estimate of drug-likeness (QED) is 0.129. The highest BCUT2D eigenvalue weighted by Crippen LogP contribution is 2.30. The number of carbonyl (C=O) groups excluding carboxylic acids is 3. The number of benzene rings is 3. The Kier molecular flexibility index (Phi) is 5.04. The molecule has 9 heteroatoms. The number of nitrogens with zero attached hydrogens (tertiary/aromatic N) is 2. The Labute approximate surface area is 183 Å². The lowest BCUT2D eigenvalue weighted by atomic mass is 10.1. The molecule has 0 spiro atoms. The normalized spacial score (nSPS) is 12.6. The van der Waals surface area contributed by atoms with Crippen molar-refractivity contribution < 1.29 is 24.0 Å². The molecular weight excluding hydrogens is 503 g/mol. The van der Waals surface area contributed by atoms with Crippen molar-refractivity contribution in [1.82, 2.24) is 0 Å². The van der Waals surface area contributed by atoms with Gasteiger partial charge in [-0.05, 0) is 77.2 Å². The predicted molar refractivity (Wildman–Crippen MR) is 115 cm³/mol. The van der Waals surface area contributed by atoms with E-state index in [1.165, 1.54) is 42.5 Å². The fraction of sp³-hybridized carbons (Fsp3) is 0. The van der Waals surface area contributed by atoms with E-state index in [4.69, 9.17) is 4.74 Å². The van der Waals surface area contributed by atoms with Crippen LogP contribution in [0.4, 0.5) is 11.4 Å². The van der Waals surface area contributed by atoms with Crippen LogP contribution in [0.3, 0.4) is 0 Å². The first-order chi connectivity index (χ1) is 14.3.